The zero-order valence-corrected chi connectivity index (χ0v) is 13.1. The van der Waals surface area contributed by atoms with Gasteiger partial charge < -0.3 is 4.52 Å². The molecule has 0 radical (unpaired) electrons. The molecule has 0 saturated carbocycles. The molecule has 22 heavy (non-hydrogen) atoms. The topological polar surface area (TPSA) is 89.3 Å². The molecule has 0 atom stereocenters. The summed E-state index contributed by atoms with van der Waals surface area (Å²) < 4.78 is 31.2. The van der Waals surface area contributed by atoms with Gasteiger partial charge in [0.25, 0.3) is 10.0 Å². The van der Waals surface area contributed by atoms with E-state index in [0.29, 0.717) is 30.2 Å². The predicted octanol–water partition coefficient (Wildman–Crippen LogP) is 2.48. The van der Waals surface area contributed by atoms with Crippen molar-refractivity contribution in [3.63, 3.8) is 0 Å². The molecule has 1 N–H and O–H groups in total. The van der Waals surface area contributed by atoms with Gasteiger partial charge in [0.05, 0.1) is 10.3 Å². The number of nitrogens with zero attached hydrogens (tertiary/aromatic N) is 1. The number of nitrogens with one attached hydrogen (secondary N) is 1. The Morgan fingerprint density at radius 3 is 2.91 bits per heavy atom. The molecule has 0 fully saturated rings. The minimum atomic E-state index is -3.96. The number of aromatic nitrogens is 1. The summed E-state index contributed by atoms with van der Waals surface area (Å²) in [6, 6.07) is 4.06. The third-order valence-corrected chi connectivity index (χ3v) is 4.57. The van der Waals surface area contributed by atoms with Gasteiger partial charge in [-0.05, 0) is 31.0 Å². The van der Waals surface area contributed by atoms with Crippen LogP contribution in [0.3, 0.4) is 0 Å². The van der Waals surface area contributed by atoms with Crippen LogP contribution >= 0.6 is 11.6 Å². The van der Waals surface area contributed by atoms with Crippen molar-refractivity contribution in [3.05, 3.63) is 23.4 Å². The molecule has 0 aliphatic carbocycles. The number of halogens is 1. The van der Waals surface area contributed by atoms with E-state index in [1.165, 1.54) is 18.2 Å². The molecule has 1 heterocycles. The van der Waals surface area contributed by atoms with Gasteiger partial charge in [-0.3, -0.25) is 4.79 Å². The lowest BCUT2D eigenvalue weighted by Gasteiger charge is -2.06. The molecule has 8 heteroatoms. The number of carbonyl (C=O) groups excluding carboxylic acids is 1. The summed E-state index contributed by atoms with van der Waals surface area (Å²) >= 11 is 5.80. The van der Waals surface area contributed by atoms with Crippen molar-refractivity contribution in [2.75, 3.05) is 0 Å². The minimum Gasteiger partial charge on any atom is -0.355 e. The van der Waals surface area contributed by atoms with Gasteiger partial charge in [-0.15, -0.1) is 12.3 Å². The first kappa shape index (κ1) is 16.3. The highest BCUT2D eigenvalue weighted by Gasteiger charge is 2.19. The highest BCUT2D eigenvalue weighted by molar-refractivity contribution is 7.90. The fraction of sp³-hybridized carbons (Fsp3) is 0.286. The molecule has 116 valence electrons. The molecule has 0 bridgehead atoms. The Balaban J connectivity index is 2.10. The standard InChI is InChI=1S/C14H13ClN2O4S/c1-2-3-4-5-6-13(18)17-22(19,20)10-7-8-12-11(9-10)14(15)16-21-12/h1,7-9H,3-6H2,(H,17,18). The number of rotatable bonds is 6. The third kappa shape index (κ3) is 3.78. The summed E-state index contributed by atoms with van der Waals surface area (Å²) in [6.07, 6.45) is 6.96. The van der Waals surface area contributed by atoms with E-state index in [0.717, 1.165) is 0 Å². The third-order valence-electron chi connectivity index (χ3n) is 2.93. The van der Waals surface area contributed by atoms with Crippen LogP contribution in [0.5, 0.6) is 0 Å². The average Bonchev–Trinajstić information content (AvgIpc) is 2.84. The fourth-order valence-corrected chi connectivity index (χ4v) is 3.05. The molecule has 0 saturated heterocycles. The van der Waals surface area contributed by atoms with Crippen molar-refractivity contribution in [1.82, 2.24) is 9.88 Å². The van der Waals surface area contributed by atoms with E-state index in [1.807, 2.05) is 4.72 Å². The van der Waals surface area contributed by atoms with Crippen LogP contribution in [0.2, 0.25) is 5.15 Å². The van der Waals surface area contributed by atoms with Crippen molar-refractivity contribution in [1.29, 1.82) is 0 Å². The van der Waals surface area contributed by atoms with E-state index >= 15 is 0 Å². The molecule has 0 spiro atoms. The highest BCUT2D eigenvalue weighted by Crippen LogP contribution is 2.25. The normalized spacial score (nSPS) is 11.3. The Bertz CT molecular complexity index is 836. The van der Waals surface area contributed by atoms with Crippen molar-refractivity contribution in [3.8, 4) is 12.3 Å². The second-order valence-corrected chi connectivity index (χ2v) is 6.61. The summed E-state index contributed by atoms with van der Waals surface area (Å²) in [5, 5.41) is 3.96. The Kier molecular flexibility index (Phi) is 5.06. The fourth-order valence-electron chi connectivity index (χ4n) is 1.83. The maximum atomic E-state index is 12.1. The molecule has 0 unspecified atom stereocenters. The second kappa shape index (κ2) is 6.81. The first-order valence-electron chi connectivity index (χ1n) is 6.48. The quantitative estimate of drug-likeness (QED) is 0.644. The average molecular weight is 341 g/mol. The molecule has 1 aromatic carbocycles. The number of hydrogen-bond acceptors (Lipinski definition) is 5. The lowest BCUT2D eigenvalue weighted by atomic mass is 10.2. The van der Waals surface area contributed by atoms with Gasteiger partial charge in [0.15, 0.2) is 10.7 Å². The van der Waals surface area contributed by atoms with Gasteiger partial charge in [0.2, 0.25) is 5.91 Å². The summed E-state index contributed by atoms with van der Waals surface area (Å²) in [7, 11) is -3.96. The Hall–Kier alpha value is -2.04. The van der Waals surface area contributed by atoms with Gasteiger partial charge in [0, 0.05) is 12.8 Å². The van der Waals surface area contributed by atoms with E-state index in [4.69, 9.17) is 22.5 Å². The Morgan fingerprint density at radius 2 is 2.18 bits per heavy atom. The van der Waals surface area contributed by atoms with E-state index in [-0.39, 0.29) is 16.5 Å². The lowest BCUT2D eigenvalue weighted by molar-refractivity contribution is -0.119. The molecule has 1 aromatic heterocycles. The van der Waals surface area contributed by atoms with Crippen molar-refractivity contribution < 1.29 is 17.7 Å². The highest BCUT2D eigenvalue weighted by atomic mass is 35.5. The Labute approximate surface area is 132 Å². The van der Waals surface area contributed by atoms with E-state index in [2.05, 4.69) is 11.1 Å². The van der Waals surface area contributed by atoms with Crippen LogP contribution < -0.4 is 4.72 Å². The number of terminal acetylenes is 1. The van der Waals surface area contributed by atoms with Crippen molar-refractivity contribution in [2.24, 2.45) is 0 Å². The Morgan fingerprint density at radius 1 is 1.41 bits per heavy atom. The SMILES string of the molecule is C#CCCCCC(=O)NS(=O)(=O)c1ccc2onc(Cl)c2c1. The number of benzene rings is 1. The zero-order chi connectivity index (χ0) is 16.2. The maximum Gasteiger partial charge on any atom is 0.264 e. The number of hydrogen-bond donors (Lipinski definition) is 1. The molecule has 2 aromatic rings. The first-order valence-corrected chi connectivity index (χ1v) is 8.34. The maximum absolute atomic E-state index is 12.1. The predicted molar refractivity (Wildman–Crippen MR) is 81.6 cm³/mol. The number of fused-ring (bicyclic) bond motifs is 1. The van der Waals surface area contributed by atoms with Crippen LogP contribution in [0.25, 0.3) is 11.0 Å². The van der Waals surface area contributed by atoms with E-state index in [9.17, 15) is 13.2 Å². The van der Waals surface area contributed by atoms with Gasteiger partial charge >= 0.3 is 0 Å². The summed E-state index contributed by atoms with van der Waals surface area (Å²) in [6.45, 7) is 0. The number of carbonyl (C=O) groups is 1. The summed E-state index contributed by atoms with van der Waals surface area (Å²) in [5.41, 5.74) is 0.365. The van der Waals surface area contributed by atoms with Crippen molar-refractivity contribution in [2.45, 2.75) is 30.6 Å². The monoisotopic (exact) mass is 340 g/mol. The lowest BCUT2D eigenvalue weighted by Crippen LogP contribution is -2.30. The van der Waals surface area contributed by atoms with Gasteiger partial charge in [-0.2, -0.15) is 0 Å². The molecule has 6 nitrogen and oxygen atoms in total. The van der Waals surface area contributed by atoms with Crippen LogP contribution in [0.1, 0.15) is 25.7 Å². The molecular weight excluding hydrogens is 328 g/mol. The van der Waals surface area contributed by atoms with E-state index < -0.39 is 15.9 Å². The van der Waals surface area contributed by atoms with Gasteiger partial charge in [0.1, 0.15) is 0 Å². The number of sulfonamides is 1. The molecular formula is C14H13ClN2O4S. The summed E-state index contributed by atoms with van der Waals surface area (Å²) in [4.78, 5) is 11.6. The second-order valence-electron chi connectivity index (χ2n) is 4.57. The molecule has 2 rings (SSSR count). The van der Waals surface area contributed by atoms with Gasteiger partial charge in [-0.1, -0.05) is 16.8 Å². The van der Waals surface area contributed by atoms with Crippen LogP contribution in [0.4, 0.5) is 0 Å². The number of unbranched alkanes of at least 4 members (excludes halogenated alkanes) is 2. The number of amides is 1. The van der Waals surface area contributed by atoms with Crippen LogP contribution in [0, 0.1) is 12.3 Å². The minimum absolute atomic E-state index is 0.0626. The zero-order valence-electron chi connectivity index (χ0n) is 11.5. The molecule has 0 aliphatic rings. The van der Waals surface area contributed by atoms with Crippen LogP contribution in [-0.4, -0.2) is 19.5 Å². The summed E-state index contributed by atoms with van der Waals surface area (Å²) in [5.74, 6) is 1.88. The molecule has 0 aliphatic heterocycles. The van der Waals surface area contributed by atoms with Crippen LogP contribution in [-0.2, 0) is 14.8 Å². The van der Waals surface area contributed by atoms with Crippen LogP contribution in [0.15, 0.2) is 27.6 Å². The largest absolute Gasteiger partial charge is 0.355 e. The first-order chi connectivity index (χ1) is 10.4. The molecule has 1 amide bonds. The van der Waals surface area contributed by atoms with Crippen molar-refractivity contribution >= 4 is 38.5 Å². The smallest absolute Gasteiger partial charge is 0.264 e. The van der Waals surface area contributed by atoms with E-state index in [1.54, 1.807) is 0 Å². The van der Waals surface area contributed by atoms with Gasteiger partial charge in [-0.25, -0.2) is 13.1 Å².